The number of hydrogen-bond donors (Lipinski definition) is 1. The van der Waals surface area contributed by atoms with Gasteiger partial charge in [-0.3, -0.25) is 9.20 Å². The quantitative estimate of drug-likeness (QED) is 0.737. The molecule has 24 heavy (non-hydrogen) atoms. The molecule has 8 heteroatoms. The number of benzene rings is 1. The van der Waals surface area contributed by atoms with E-state index in [0.29, 0.717) is 31.8 Å². The van der Waals surface area contributed by atoms with Crippen LogP contribution >= 0.6 is 34.5 Å². The van der Waals surface area contributed by atoms with E-state index in [-0.39, 0.29) is 10.4 Å². The number of halogens is 2. The summed E-state index contributed by atoms with van der Waals surface area (Å²) in [6, 6.07) is 5.16. The van der Waals surface area contributed by atoms with E-state index in [4.69, 9.17) is 28.3 Å². The van der Waals surface area contributed by atoms with Crippen LogP contribution in [0.4, 0.5) is 0 Å². The highest BCUT2D eigenvalue weighted by Gasteiger charge is 2.14. The SMILES string of the molecule is Cc1c(/C=C/c2c(Cl)cccc2Cl)nc2sc(C(=O)O)cn2c1=O. The van der Waals surface area contributed by atoms with Crippen molar-refractivity contribution >= 4 is 57.6 Å². The van der Waals surface area contributed by atoms with Crippen molar-refractivity contribution in [2.75, 3.05) is 0 Å². The number of rotatable bonds is 3. The third kappa shape index (κ3) is 2.96. The van der Waals surface area contributed by atoms with E-state index in [1.807, 2.05) is 0 Å². The van der Waals surface area contributed by atoms with Gasteiger partial charge in [-0.05, 0) is 31.2 Å². The summed E-state index contributed by atoms with van der Waals surface area (Å²) in [6.07, 6.45) is 4.61. The predicted octanol–water partition coefficient (Wildman–Crippen LogP) is 4.24. The van der Waals surface area contributed by atoms with Gasteiger partial charge in [0.1, 0.15) is 4.88 Å². The Morgan fingerprint density at radius 3 is 2.58 bits per heavy atom. The van der Waals surface area contributed by atoms with Crippen LogP contribution in [-0.4, -0.2) is 20.5 Å². The first kappa shape index (κ1) is 16.7. The molecular weight excluding hydrogens is 371 g/mol. The number of carboxylic acid groups (broad SMARTS) is 1. The minimum Gasteiger partial charge on any atom is -0.477 e. The van der Waals surface area contributed by atoms with Crippen molar-refractivity contribution in [2.45, 2.75) is 6.92 Å². The number of carbonyl (C=O) groups is 1. The first-order valence-electron chi connectivity index (χ1n) is 6.76. The maximum absolute atomic E-state index is 12.4. The molecule has 3 rings (SSSR count). The lowest BCUT2D eigenvalue weighted by molar-refractivity contribution is 0.0702. The first-order chi connectivity index (χ1) is 11.4. The summed E-state index contributed by atoms with van der Waals surface area (Å²) in [5, 5.41) is 10.0. The van der Waals surface area contributed by atoms with Gasteiger partial charge in [0.15, 0.2) is 4.96 Å². The second kappa shape index (κ2) is 6.39. The third-order valence-electron chi connectivity index (χ3n) is 3.41. The maximum atomic E-state index is 12.4. The molecule has 5 nitrogen and oxygen atoms in total. The molecule has 0 saturated heterocycles. The highest BCUT2D eigenvalue weighted by Crippen LogP contribution is 2.26. The highest BCUT2D eigenvalue weighted by atomic mass is 35.5. The van der Waals surface area contributed by atoms with E-state index in [9.17, 15) is 9.59 Å². The molecule has 0 atom stereocenters. The van der Waals surface area contributed by atoms with Crippen LogP contribution in [0.2, 0.25) is 10.0 Å². The Bertz CT molecular complexity index is 1030. The van der Waals surface area contributed by atoms with Gasteiger partial charge in [-0.2, -0.15) is 0 Å². The van der Waals surface area contributed by atoms with Crippen LogP contribution in [0.15, 0.2) is 29.2 Å². The van der Waals surface area contributed by atoms with Crippen LogP contribution in [0.5, 0.6) is 0 Å². The standard InChI is InChI=1S/C16H10Cl2N2O3S/c1-8-12(6-5-9-10(17)3-2-4-11(9)18)19-16-20(14(8)21)7-13(24-16)15(22)23/h2-7H,1H3,(H,22,23)/b6-5+. The van der Waals surface area contributed by atoms with Crippen molar-refractivity contribution in [1.82, 2.24) is 9.38 Å². The van der Waals surface area contributed by atoms with E-state index in [2.05, 4.69) is 4.98 Å². The number of carboxylic acids is 1. The van der Waals surface area contributed by atoms with Crippen LogP contribution in [0.25, 0.3) is 17.1 Å². The number of nitrogens with zero attached hydrogens (tertiary/aromatic N) is 2. The Morgan fingerprint density at radius 2 is 1.96 bits per heavy atom. The van der Waals surface area contributed by atoms with Gasteiger partial charge in [0.05, 0.1) is 5.69 Å². The molecule has 2 heterocycles. The molecule has 0 unspecified atom stereocenters. The molecule has 1 N–H and O–H groups in total. The molecule has 122 valence electrons. The van der Waals surface area contributed by atoms with Gasteiger partial charge < -0.3 is 5.11 Å². The first-order valence-corrected chi connectivity index (χ1v) is 8.34. The molecule has 3 aromatic rings. The zero-order valence-electron chi connectivity index (χ0n) is 12.3. The normalized spacial score (nSPS) is 11.5. The lowest BCUT2D eigenvalue weighted by Crippen LogP contribution is -2.17. The Balaban J connectivity index is 2.13. The summed E-state index contributed by atoms with van der Waals surface area (Å²) in [6.45, 7) is 1.63. The molecule has 0 aliphatic carbocycles. The van der Waals surface area contributed by atoms with Gasteiger partial charge in [0.2, 0.25) is 0 Å². The van der Waals surface area contributed by atoms with Crippen LogP contribution in [0.1, 0.15) is 26.5 Å². The van der Waals surface area contributed by atoms with E-state index in [1.54, 1.807) is 37.3 Å². The fraction of sp³-hybridized carbons (Fsp3) is 0.0625. The third-order valence-corrected chi connectivity index (χ3v) is 5.04. The van der Waals surface area contributed by atoms with Crippen molar-refractivity contribution in [3.05, 3.63) is 66.5 Å². The van der Waals surface area contributed by atoms with E-state index < -0.39 is 5.97 Å². The fourth-order valence-electron chi connectivity index (χ4n) is 2.14. The molecular formula is C16H10Cl2N2O3S. The lowest BCUT2D eigenvalue weighted by atomic mass is 10.1. The van der Waals surface area contributed by atoms with Crippen molar-refractivity contribution in [3.8, 4) is 0 Å². The van der Waals surface area contributed by atoms with Crippen molar-refractivity contribution in [2.24, 2.45) is 0 Å². The number of hydrogen-bond acceptors (Lipinski definition) is 4. The fourth-order valence-corrected chi connectivity index (χ4v) is 3.48. The number of thiazole rings is 1. The van der Waals surface area contributed by atoms with Crippen LogP contribution in [-0.2, 0) is 0 Å². The molecule has 0 fully saturated rings. The average molecular weight is 381 g/mol. The van der Waals surface area contributed by atoms with E-state index in [1.165, 1.54) is 10.6 Å². The van der Waals surface area contributed by atoms with Crippen LogP contribution in [0.3, 0.4) is 0 Å². The van der Waals surface area contributed by atoms with Gasteiger partial charge in [0, 0.05) is 27.4 Å². The van der Waals surface area contributed by atoms with Gasteiger partial charge in [-0.15, -0.1) is 0 Å². The zero-order chi connectivity index (χ0) is 17.4. The molecule has 0 aliphatic rings. The second-order valence-corrected chi connectivity index (χ2v) is 6.77. The minimum absolute atomic E-state index is 0.0503. The van der Waals surface area contributed by atoms with Gasteiger partial charge >= 0.3 is 5.97 Å². The summed E-state index contributed by atoms with van der Waals surface area (Å²) in [4.78, 5) is 28.2. The van der Waals surface area contributed by atoms with Crippen molar-refractivity contribution in [1.29, 1.82) is 0 Å². The summed E-state index contributed by atoms with van der Waals surface area (Å²) in [5.41, 5.74) is 1.16. The molecule has 0 bridgehead atoms. The van der Waals surface area contributed by atoms with Crippen molar-refractivity contribution in [3.63, 3.8) is 0 Å². The topological polar surface area (TPSA) is 71.7 Å². The Labute approximate surface area is 150 Å². The van der Waals surface area contributed by atoms with Crippen LogP contribution < -0.4 is 5.56 Å². The highest BCUT2D eigenvalue weighted by molar-refractivity contribution is 7.18. The summed E-state index contributed by atoms with van der Waals surface area (Å²) >= 11 is 13.2. The Kier molecular flexibility index (Phi) is 4.45. The summed E-state index contributed by atoms with van der Waals surface area (Å²) in [5.74, 6) is -1.09. The zero-order valence-corrected chi connectivity index (χ0v) is 14.6. The molecule has 0 spiro atoms. The molecule has 0 amide bonds. The Morgan fingerprint density at radius 1 is 1.29 bits per heavy atom. The maximum Gasteiger partial charge on any atom is 0.347 e. The van der Waals surface area contributed by atoms with Gasteiger partial charge in [-0.25, -0.2) is 9.78 Å². The van der Waals surface area contributed by atoms with E-state index in [0.717, 1.165) is 11.3 Å². The largest absolute Gasteiger partial charge is 0.477 e. The molecule has 1 aromatic carbocycles. The average Bonchev–Trinajstić information content (AvgIpc) is 2.96. The minimum atomic E-state index is -1.09. The predicted molar refractivity (Wildman–Crippen MR) is 96.4 cm³/mol. The molecule has 0 radical (unpaired) electrons. The Hall–Kier alpha value is -2.15. The smallest absolute Gasteiger partial charge is 0.347 e. The summed E-state index contributed by atoms with van der Waals surface area (Å²) in [7, 11) is 0. The molecule has 0 saturated carbocycles. The van der Waals surface area contributed by atoms with Gasteiger partial charge in [-0.1, -0.05) is 40.6 Å². The number of aromatic nitrogens is 2. The molecule has 0 aliphatic heterocycles. The number of fused-ring (bicyclic) bond motifs is 1. The van der Waals surface area contributed by atoms with Crippen LogP contribution in [0, 0.1) is 6.92 Å². The van der Waals surface area contributed by atoms with Crippen molar-refractivity contribution < 1.29 is 9.90 Å². The summed E-state index contributed by atoms with van der Waals surface area (Å²) < 4.78 is 1.24. The lowest BCUT2D eigenvalue weighted by Gasteiger charge is -2.03. The molecule has 2 aromatic heterocycles. The van der Waals surface area contributed by atoms with E-state index >= 15 is 0 Å². The monoisotopic (exact) mass is 380 g/mol. The number of aromatic carboxylic acids is 1. The van der Waals surface area contributed by atoms with Gasteiger partial charge in [0.25, 0.3) is 5.56 Å². The second-order valence-electron chi connectivity index (χ2n) is 4.95.